The van der Waals surface area contributed by atoms with Crippen LogP contribution in [0.1, 0.15) is 47.9 Å². The molecule has 0 bridgehead atoms. The number of nitrogens with two attached hydrogens (primary N) is 1. The third-order valence-corrected chi connectivity index (χ3v) is 6.74. The molecule has 4 N–H and O–H groups in total. The number of rotatable bonds is 9. The average Bonchev–Trinajstić information content (AvgIpc) is 2.90. The van der Waals surface area contributed by atoms with Gasteiger partial charge in [0.25, 0.3) is 0 Å². The van der Waals surface area contributed by atoms with Crippen LogP contribution in [-0.4, -0.2) is 9.97 Å². The van der Waals surface area contributed by atoms with Crippen LogP contribution in [0.15, 0.2) is 67.0 Å². The van der Waals surface area contributed by atoms with E-state index in [-0.39, 0.29) is 0 Å². The summed E-state index contributed by atoms with van der Waals surface area (Å²) in [6, 6.07) is 21.5. The van der Waals surface area contributed by atoms with E-state index < -0.39 is 5.92 Å². The zero-order valence-corrected chi connectivity index (χ0v) is 22.2. The van der Waals surface area contributed by atoms with Gasteiger partial charge >= 0.3 is 0 Å². The lowest BCUT2D eigenvalue weighted by atomic mass is 9.91. The van der Waals surface area contributed by atoms with E-state index in [0.29, 0.717) is 27.4 Å². The summed E-state index contributed by atoms with van der Waals surface area (Å²) in [5, 5.41) is 17.5. The van der Waals surface area contributed by atoms with Gasteiger partial charge in [-0.3, -0.25) is 0 Å². The van der Waals surface area contributed by atoms with Crippen LogP contribution in [0.4, 0.5) is 28.7 Å². The third-order valence-electron chi connectivity index (χ3n) is 6.16. The Morgan fingerprint density at radius 1 is 0.973 bits per heavy atom. The highest BCUT2D eigenvalue weighted by Crippen LogP contribution is 2.36. The molecule has 1 unspecified atom stereocenters. The molecule has 4 aromatic rings. The molecule has 0 spiro atoms. The summed E-state index contributed by atoms with van der Waals surface area (Å²) in [7, 11) is 0. The van der Waals surface area contributed by atoms with Gasteiger partial charge in [-0.2, -0.15) is 5.26 Å². The Morgan fingerprint density at radius 2 is 1.65 bits per heavy atom. The summed E-state index contributed by atoms with van der Waals surface area (Å²) >= 11 is 12.7. The monoisotopic (exact) mass is 530 g/mol. The molecule has 6 nitrogen and oxygen atoms in total. The van der Waals surface area contributed by atoms with Gasteiger partial charge in [0.15, 0.2) is 11.6 Å². The SMILES string of the molecule is CCCCc1ccc(Nc2ncnc(Nc3cc(Cl)c(C(C#N)c4ccc(Cl)cc4)cc3C)c2N)cc1. The number of nitrogens with zero attached hydrogens (tertiary/aromatic N) is 3. The summed E-state index contributed by atoms with van der Waals surface area (Å²) in [4.78, 5) is 8.65. The number of aryl methyl sites for hydroxylation is 2. The molecule has 1 aromatic heterocycles. The van der Waals surface area contributed by atoms with E-state index in [2.05, 4.69) is 45.7 Å². The van der Waals surface area contributed by atoms with Gasteiger partial charge in [-0.15, -0.1) is 0 Å². The third kappa shape index (κ3) is 6.32. The molecule has 3 aromatic carbocycles. The van der Waals surface area contributed by atoms with Crippen molar-refractivity contribution in [2.45, 2.75) is 39.0 Å². The number of aromatic nitrogens is 2. The second-order valence-electron chi connectivity index (χ2n) is 8.84. The summed E-state index contributed by atoms with van der Waals surface area (Å²) < 4.78 is 0. The van der Waals surface area contributed by atoms with Gasteiger partial charge in [-0.1, -0.05) is 66.9 Å². The normalized spacial score (nSPS) is 11.5. The number of nitrogens with one attached hydrogen (secondary N) is 2. The van der Waals surface area contributed by atoms with E-state index in [1.807, 2.05) is 37.3 Å². The fourth-order valence-corrected chi connectivity index (χ4v) is 4.43. The second-order valence-corrected chi connectivity index (χ2v) is 9.68. The van der Waals surface area contributed by atoms with E-state index in [9.17, 15) is 5.26 Å². The smallest absolute Gasteiger partial charge is 0.159 e. The lowest BCUT2D eigenvalue weighted by Gasteiger charge is -2.17. The number of nitrogen functional groups attached to an aromatic ring is 1. The summed E-state index contributed by atoms with van der Waals surface area (Å²) in [6.07, 6.45) is 4.86. The van der Waals surface area contributed by atoms with E-state index in [0.717, 1.165) is 34.5 Å². The average molecular weight is 531 g/mol. The summed E-state index contributed by atoms with van der Waals surface area (Å²) in [5.41, 5.74) is 12.2. The van der Waals surface area contributed by atoms with Crippen molar-refractivity contribution in [1.82, 2.24) is 9.97 Å². The highest BCUT2D eigenvalue weighted by atomic mass is 35.5. The van der Waals surface area contributed by atoms with Gasteiger partial charge in [0.1, 0.15) is 12.0 Å². The standard InChI is InChI=1S/C29H28Cl2N6/c1-3-4-5-19-6-12-22(13-7-19)36-28-27(33)29(35-17-34-28)37-26-15-25(31)23(14-18(26)2)24(16-32)20-8-10-21(30)11-9-20/h6-15,17,24H,3-5,33H2,1-2H3,(H2,34,35,36,37). The second kappa shape index (κ2) is 12.0. The minimum absolute atomic E-state index is 0.383. The number of anilines is 5. The van der Waals surface area contributed by atoms with Gasteiger partial charge < -0.3 is 16.4 Å². The maximum absolute atomic E-state index is 9.87. The Kier molecular flexibility index (Phi) is 8.50. The van der Waals surface area contributed by atoms with Crippen molar-refractivity contribution in [2.24, 2.45) is 0 Å². The fourth-order valence-electron chi connectivity index (χ4n) is 4.03. The Hall–Kier alpha value is -3.79. The zero-order valence-electron chi connectivity index (χ0n) is 20.7. The van der Waals surface area contributed by atoms with Gasteiger partial charge in [0.05, 0.1) is 12.0 Å². The van der Waals surface area contributed by atoms with Crippen molar-refractivity contribution in [3.63, 3.8) is 0 Å². The van der Waals surface area contributed by atoms with Gasteiger partial charge in [-0.25, -0.2) is 9.97 Å². The molecule has 4 rings (SSSR count). The van der Waals surface area contributed by atoms with E-state index >= 15 is 0 Å². The van der Waals surface area contributed by atoms with Crippen LogP contribution in [0.2, 0.25) is 10.0 Å². The minimum atomic E-state index is -0.522. The fraction of sp³-hybridized carbons (Fsp3) is 0.207. The molecular formula is C29H28Cl2N6. The van der Waals surface area contributed by atoms with Gasteiger partial charge in [0, 0.05) is 21.4 Å². The van der Waals surface area contributed by atoms with E-state index in [1.165, 1.54) is 24.7 Å². The quantitative estimate of drug-likeness (QED) is 0.202. The molecule has 37 heavy (non-hydrogen) atoms. The van der Waals surface area contributed by atoms with Gasteiger partial charge in [0.2, 0.25) is 0 Å². The number of hydrogen-bond acceptors (Lipinski definition) is 6. The summed E-state index contributed by atoms with van der Waals surface area (Å²) in [5.74, 6) is 0.441. The Labute approximate surface area is 227 Å². The molecule has 0 fully saturated rings. The lowest BCUT2D eigenvalue weighted by Crippen LogP contribution is -2.07. The molecule has 0 saturated carbocycles. The van der Waals surface area contributed by atoms with Crippen LogP contribution in [0.5, 0.6) is 0 Å². The van der Waals surface area contributed by atoms with Crippen LogP contribution in [0.3, 0.4) is 0 Å². The van der Waals surface area contributed by atoms with Crippen molar-refractivity contribution in [3.05, 3.63) is 99.3 Å². The van der Waals surface area contributed by atoms with Crippen molar-refractivity contribution in [3.8, 4) is 6.07 Å². The van der Waals surface area contributed by atoms with E-state index in [1.54, 1.807) is 18.2 Å². The molecule has 0 aliphatic rings. The molecule has 1 atom stereocenters. The highest BCUT2D eigenvalue weighted by Gasteiger charge is 2.19. The lowest BCUT2D eigenvalue weighted by molar-refractivity contribution is 0.795. The maximum atomic E-state index is 9.87. The zero-order chi connectivity index (χ0) is 26.4. The molecule has 0 amide bonds. The number of nitriles is 1. The topological polar surface area (TPSA) is 99.6 Å². The molecule has 1 heterocycles. The molecule has 0 aliphatic carbocycles. The molecule has 0 aliphatic heterocycles. The van der Waals surface area contributed by atoms with Gasteiger partial charge in [-0.05, 0) is 72.4 Å². The number of benzene rings is 3. The first kappa shape index (κ1) is 26.3. The molecule has 8 heteroatoms. The number of halogens is 2. The van der Waals surface area contributed by atoms with Crippen molar-refractivity contribution >= 4 is 51.9 Å². The first-order valence-electron chi connectivity index (χ1n) is 12.1. The van der Waals surface area contributed by atoms with Crippen molar-refractivity contribution in [2.75, 3.05) is 16.4 Å². The number of hydrogen-bond donors (Lipinski definition) is 3. The first-order valence-corrected chi connectivity index (χ1v) is 12.8. The van der Waals surface area contributed by atoms with Crippen LogP contribution < -0.4 is 16.4 Å². The Bertz CT molecular complexity index is 1410. The predicted octanol–water partition coefficient (Wildman–Crippen LogP) is 8.16. The van der Waals surface area contributed by atoms with Crippen LogP contribution in [0, 0.1) is 18.3 Å². The van der Waals surface area contributed by atoms with Crippen molar-refractivity contribution < 1.29 is 0 Å². The predicted molar refractivity (Wildman–Crippen MR) is 153 cm³/mol. The molecule has 0 radical (unpaired) electrons. The molecule has 0 saturated heterocycles. The molecule has 188 valence electrons. The van der Waals surface area contributed by atoms with Crippen LogP contribution in [-0.2, 0) is 6.42 Å². The summed E-state index contributed by atoms with van der Waals surface area (Å²) in [6.45, 7) is 4.13. The molecular weight excluding hydrogens is 503 g/mol. The highest BCUT2D eigenvalue weighted by molar-refractivity contribution is 6.32. The Balaban J connectivity index is 1.55. The minimum Gasteiger partial charge on any atom is -0.393 e. The van der Waals surface area contributed by atoms with E-state index in [4.69, 9.17) is 28.9 Å². The van der Waals surface area contributed by atoms with Crippen molar-refractivity contribution in [1.29, 1.82) is 5.26 Å². The largest absolute Gasteiger partial charge is 0.393 e. The van der Waals surface area contributed by atoms with Crippen LogP contribution in [0.25, 0.3) is 0 Å². The maximum Gasteiger partial charge on any atom is 0.159 e. The first-order chi connectivity index (χ1) is 17.9. The Morgan fingerprint density at radius 3 is 2.30 bits per heavy atom. The number of unbranched alkanes of at least 4 members (excludes halogenated alkanes) is 1. The van der Waals surface area contributed by atoms with Crippen LogP contribution >= 0.6 is 23.2 Å².